The quantitative estimate of drug-likeness (QED) is 0.907. The number of rotatable bonds is 5. The normalized spacial score (nSPS) is 12.5. The van der Waals surface area contributed by atoms with E-state index in [1.807, 2.05) is 0 Å². The molecule has 1 N–H and O–H groups in total. The second-order valence-corrected chi connectivity index (χ2v) is 4.26. The standard InChI is InChI=1S/C10H12BrClO3/c1-14-5-7(13)6-15-8-2-3-9(11)10(12)4-8/h2-4,7,13H,5-6H2,1H3/t7-/m1/s1. The van der Waals surface area contributed by atoms with Gasteiger partial charge in [0, 0.05) is 11.6 Å². The van der Waals surface area contributed by atoms with E-state index in [0.717, 1.165) is 4.47 Å². The first-order chi connectivity index (χ1) is 7.13. The van der Waals surface area contributed by atoms with Gasteiger partial charge in [-0.3, -0.25) is 0 Å². The minimum Gasteiger partial charge on any atom is -0.491 e. The molecule has 0 radical (unpaired) electrons. The molecular formula is C10H12BrClO3. The number of halogens is 2. The van der Waals surface area contributed by atoms with Crippen LogP contribution >= 0.6 is 27.5 Å². The first kappa shape index (κ1) is 12.8. The van der Waals surface area contributed by atoms with Crippen LogP contribution in [0, 0.1) is 0 Å². The summed E-state index contributed by atoms with van der Waals surface area (Å²) >= 11 is 9.15. The zero-order chi connectivity index (χ0) is 11.3. The highest BCUT2D eigenvalue weighted by Gasteiger charge is 2.05. The van der Waals surface area contributed by atoms with Crippen LogP contribution in [0.25, 0.3) is 0 Å². The number of benzene rings is 1. The van der Waals surface area contributed by atoms with Crippen molar-refractivity contribution in [2.45, 2.75) is 6.10 Å². The lowest BCUT2D eigenvalue weighted by Crippen LogP contribution is -2.22. The smallest absolute Gasteiger partial charge is 0.121 e. The van der Waals surface area contributed by atoms with Gasteiger partial charge in [-0.15, -0.1) is 0 Å². The van der Waals surface area contributed by atoms with Gasteiger partial charge in [0.2, 0.25) is 0 Å². The molecular weight excluding hydrogens is 283 g/mol. The molecule has 0 unspecified atom stereocenters. The Morgan fingerprint density at radius 2 is 2.20 bits per heavy atom. The third-order valence-electron chi connectivity index (χ3n) is 1.69. The van der Waals surface area contributed by atoms with E-state index in [1.54, 1.807) is 18.2 Å². The maximum atomic E-state index is 9.34. The van der Waals surface area contributed by atoms with Gasteiger partial charge in [-0.2, -0.15) is 0 Å². The number of aliphatic hydroxyl groups excluding tert-OH is 1. The van der Waals surface area contributed by atoms with Crippen LogP contribution in [0.15, 0.2) is 22.7 Å². The fourth-order valence-corrected chi connectivity index (χ4v) is 1.42. The van der Waals surface area contributed by atoms with Gasteiger partial charge in [-0.1, -0.05) is 11.6 Å². The van der Waals surface area contributed by atoms with Crippen molar-refractivity contribution in [2.75, 3.05) is 20.3 Å². The van der Waals surface area contributed by atoms with Crippen LogP contribution in [-0.4, -0.2) is 31.5 Å². The molecule has 0 aliphatic heterocycles. The van der Waals surface area contributed by atoms with E-state index in [-0.39, 0.29) is 13.2 Å². The maximum absolute atomic E-state index is 9.34. The Hall–Kier alpha value is -0.290. The van der Waals surface area contributed by atoms with Gasteiger partial charge in [0.25, 0.3) is 0 Å². The lowest BCUT2D eigenvalue weighted by atomic mass is 10.3. The first-order valence-electron chi connectivity index (χ1n) is 4.38. The number of hydrogen-bond acceptors (Lipinski definition) is 3. The molecule has 0 aliphatic carbocycles. The highest BCUT2D eigenvalue weighted by atomic mass is 79.9. The summed E-state index contributed by atoms with van der Waals surface area (Å²) < 4.78 is 10.9. The molecule has 1 aromatic carbocycles. The Morgan fingerprint density at radius 1 is 1.47 bits per heavy atom. The Balaban J connectivity index is 2.47. The van der Waals surface area contributed by atoms with E-state index in [1.165, 1.54) is 7.11 Å². The van der Waals surface area contributed by atoms with E-state index in [9.17, 15) is 5.11 Å². The van der Waals surface area contributed by atoms with Crippen molar-refractivity contribution in [1.82, 2.24) is 0 Å². The summed E-state index contributed by atoms with van der Waals surface area (Å²) in [4.78, 5) is 0. The molecule has 0 fully saturated rings. The molecule has 0 spiro atoms. The van der Waals surface area contributed by atoms with Crippen molar-refractivity contribution in [1.29, 1.82) is 0 Å². The Kier molecular flexibility index (Phi) is 5.39. The number of aliphatic hydroxyl groups is 1. The van der Waals surface area contributed by atoms with E-state index >= 15 is 0 Å². The number of ether oxygens (including phenoxy) is 2. The molecule has 5 heteroatoms. The van der Waals surface area contributed by atoms with Crippen LogP contribution in [-0.2, 0) is 4.74 Å². The lowest BCUT2D eigenvalue weighted by molar-refractivity contribution is 0.0325. The van der Waals surface area contributed by atoms with E-state index < -0.39 is 6.10 Å². The summed E-state index contributed by atoms with van der Waals surface area (Å²) in [5.41, 5.74) is 0. The second kappa shape index (κ2) is 6.33. The average Bonchev–Trinajstić information content (AvgIpc) is 2.20. The number of methoxy groups -OCH3 is 1. The van der Waals surface area contributed by atoms with Crippen LogP contribution in [0.1, 0.15) is 0 Å². The predicted molar refractivity (Wildman–Crippen MR) is 62.5 cm³/mol. The number of hydrogen-bond donors (Lipinski definition) is 1. The van der Waals surface area contributed by atoms with Gasteiger partial charge >= 0.3 is 0 Å². The van der Waals surface area contributed by atoms with Gasteiger partial charge in [-0.25, -0.2) is 0 Å². The van der Waals surface area contributed by atoms with Crippen LogP contribution in [0.2, 0.25) is 5.02 Å². The molecule has 0 bridgehead atoms. The van der Waals surface area contributed by atoms with E-state index in [2.05, 4.69) is 15.9 Å². The Labute approximate surface area is 102 Å². The predicted octanol–water partition coefficient (Wildman–Crippen LogP) is 2.49. The Morgan fingerprint density at radius 3 is 2.80 bits per heavy atom. The summed E-state index contributed by atoms with van der Waals surface area (Å²) in [5, 5.41) is 9.92. The molecule has 1 rings (SSSR count). The maximum Gasteiger partial charge on any atom is 0.121 e. The molecule has 1 aromatic rings. The summed E-state index contributed by atoms with van der Waals surface area (Å²) in [6, 6.07) is 5.25. The highest BCUT2D eigenvalue weighted by molar-refractivity contribution is 9.10. The summed E-state index contributed by atoms with van der Waals surface area (Å²) in [6.07, 6.45) is -0.627. The lowest BCUT2D eigenvalue weighted by Gasteiger charge is -2.11. The van der Waals surface area contributed by atoms with Crippen molar-refractivity contribution in [3.63, 3.8) is 0 Å². The van der Waals surface area contributed by atoms with Crippen molar-refractivity contribution in [2.24, 2.45) is 0 Å². The van der Waals surface area contributed by atoms with Crippen molar-refractivity contribution < 1.29 is 14.6 Å². The van der Waals surface area contributed by atoms with Gasteiger partial charge < -0.3 is 14.6 Å². The largest absolute Gasteiger partial charge is 0.491 e. The van der Waals surface area contributed by atoms with Gasteiger partial charge in [0.05, 0.1) is 11.6 Å². The minimum atomic E-state index is -0.627. The average molecular weight is 296 g/mol. The van der Waals surface area contributed by atoms with E-state index in [0.29, 0.717) is 10.8 Å². The molecule has 84 valence electrons. The van der Waals surface area contributed by atoms with Crippen LogP contribution in [0.4, 0.5) is 0 Å². The zero-order valence-corrected chi connectivity index (χ0v) is 10.6. The molecule has 1 atom stereocenters. The van der Waals surface area contributed by atoms with Crippen LogP contribution < -0.4 is 4.74 Å². The fraction of sp³-hybridized carbons (Fsp3) is 0.400. The van der Waals surface area contributed by atoms with Gasteiger partial charge in [0.15, 0.2) is 0 Å². The molecule has 0 saturated heterocycles. The first-order valence-corrected chi connectivity index (χ1v) is 5.55. The highest BCUT2D eigenvalue weighted by Crippen LogP contribution is 2.26. The summed E-state index contributed by atoms with van der Waals surface area (Å²) in [7, 11) is 1.53. The molecule has 15 heavy (non-hydrogen) atoms. The zero-order valence-electron chi connectivity index (χ0n) is 8.24. The monoisotopic (exact) mass is 294 g/mol. The van der Waals surface area contributed by atoms with Gasteiger partial charge in [-0.05, 0) is 34.1 Å². The molecule has 0 saturated carbocycles. The molecule has 3 nitrogen and oxygen atoms in total. The van der Waals surface area contributed by atoms with E-state index in [4.69, 9.17) is 21.1 Å². The fourth-order valence-electron chi connectivity index (χ4n) is 1.000. The minimum absolute atomic E-state index is 0.186. The summed E-state index contributed by atoms with van der Waals surface area (Å²) in [6.45, 7) is 0.441. The summed E-state index contributed by atoms with van der Waals surface area (Å²) in [5.74, 6) is 0.623. The topological polar surface area (TPSA) is 38.7 Å². The molecule has 0 aliphatic rings. The van der Waals surface area contributed by atoms with Crippen LogP contribution in [0.3, 0.4) is 0 Å². The molecule has 0 heterocycles. The van der Waals surface area contributed by atoms with Crippen LogP contribution in [0.5, 0.6) is 5.75 Å². The van der Waals surface area contributed by atoms with Crippen molar-refractivity contribution >= 4 is 27.5 Å². The SMILES string of the molecule is COC[C@@H](O)COc1ccc(Br)c(Cl)c1. The Bertz CT molecular complexity index is 320. The van der Waals surface area contributed by atoms with Crippen molar-refractivity contribution in [3.05, 3.63) is 27.7 Å². The van der Waals surface area contributed by atoms with Crippen molar-refractivity contribution in [3.8, 4) is 5.75 Å². The molecule has 0 amide bonds. The molecule has 0 aromatic heterocycles. The second-order valence-electron chi connectivity index (χ2n) is 3.00. The third kappa shape index (κ3) is 4.38. The van der Waals surface area contributed by atoms with Gasteiger partial charge in [0.1, 0.15) is 18.5 Å². The third-order valence-corrected chi connectivity index (χ3v) is 2.92.